The number of carbonyl (C=O) groups is 1. The zero-order valence-electron chi connectivity index (χ0n) is 20.8. The number of benzene rings is 1. The summed E-state index contributed by atoms with van der Waals surface area (Å²) in [6, 6.07) is 13.7. The standard InChI is InChI=1S/C28H32N6O3/c1-28(14-19(24(35)25(28)36)21-8-9-22-26(29)30-15-31-34(21)22)12-11-16-5-6-17-7-10-23(32-20(17)13-16)33-27(37)18-3-2-4-18/h5-10,13,15,18-19,24-25,35-36H,2-4,11-12,14H2,1H3,(H2,29,30,31)(H,32,33,37)/t19-,24-,25-,28-/m0/s1. The summed E-state index contributed by atoms with van der Waals surface area (Å²) in [4.78, 5) is 21.0. The molecular weight excluding hydrogens is 468 g/mol. The van der Waals surface area contributed by atoms with Crippen LogP contribution in [0.25, 0.3) is 16.4 Å². The minimum atomic E-state index is -0.903. The van der Waals surface area contributed by atoms with Gasteiger partial charge in [0.25, 0.3) is 0 Å². The summed E-state index contributed by atoms with van der Waals surface area (Å²) < 4.78 is 1.71. The number of aryl methyl sites for hydroxylation is 1. The van der Waals surface area contributed by atoms with Crippen molar-refractivity contribution < 1.29 is 15.0 Å². The van der Waals surface area contributed by atoms with Crippen LogP contribution < -0.4 is 11.1 Å². The van der Waals surface area contributed by atoms with E-state index in [0.29, 0.717) is 30.0 Å². The molecule has 0 aliphatic heterocycles. The van der Waals surface area contributed by atoms with Crippen LogP contribution in [0.1, 0.15) is 56.2 Å². The number of nitrogen functional groups attached to an aromatic ring is 1. The number of rotatable bonds is 6. The van der Waals surface area contributed by atoms with Crippen LogP contribution in [0, 0.1) is 11.3 Å². The number of nitrogens with one attached hydrogen (secondary N) is 1. The largest absolute Gasteiger partial charge is 0.390 e. The summed E-state index contributed by atoms with van der Waals surface area (Å²) in [5.74, 6) is 0.853. The fourth-order valence-corrected chi connectivity index (χ4v) is 5.88. The number of hydrogen-bond acceptors (Lipinski definition) is 7. The van der Waals surface area contributed by atoms with E-state index >= 15 is 0 Å². The normalized spacial score (nSPS) is 26.0. The van der Waals surface area contributed by atoms with E-state index in [9.17, 15) is 15.0 Å². The Bertz CT molecular complexity index is 1480. The van der Waals surface area contributed by atoms with Gasteiger partial charge in [0.05, 0.1) is 17.7 Å². The van der Waals surface area contributed by atoms with Gasteiger partial charge in [-0.3, -0.25) is 4.79 Å². The predicted molar refractivity (Wildman–Crippen MR) is 141 cm³/mol. The summed E-state index contributed by atoms with van der Waals surface area (Å²) >= 11 is 0. The van der Waals surface area contributed by atoms with Crippen molar-refractivity contribution >= 4 is 34.0 Å². The lowest BCUT2D eigenvalue weighted by molar-refractivity contribution is -0.122. The molecule has 3 heterocycles. The minimum absolute atomic E-state index is 0.0513. The molecule has 0 spiro atoms. The number of amides is 1. The van der Waals surface area contributed by atoms with Crippen molar-refractivity contribution in [1.82, 2.24) is 19.6 Å². The molecule has 0 saturated heterocycles. The van der Waals surface area contributed by atoms with Gasteiger partial charge in [-0.25, -0.2) is 14.5 Å². The van der Waals surface area contributed by atoms with Crippen molar-refractivity contribution in [1.29, 1.82) is 0 Å². The van der Waals surface area contributed by atoms with Gasteiger partial charge in [0.15, 0.2) is 5.82 Å². The molecule has 192 valence electrons. The van der Waals surface area contributed by atoms with Gasteiger partial charge >= 0.3 is 0 Å². The number of nitrogens with two attached hydrogens (primary N) is 1. The number of aromatic nitrogens is 4. The quantitative estimate of drug-likeness (QED) is 0.318. The lowest BCUT2D eigenvalue weighted by Gasteiger charge is -2.28. The maximum Gasteiger partial charge on any atom is 0.228 e. The number of anilines is 2. The Morgan fingerprint density at radius 1 is 1.19 bits per heavy atom. The Hall–Kier alpha value is -3.56. The number of fused-ring (bicyclic) bond motifs is 2. The van der Waals surface area contributed by atoms with Gasteiger partial charge in [0.2, 0.25) is 5.91 Å². The van der Waals surface area contributed by atoms with Crippen LogP contribution in [-0.2, 0) is 11.2 Å². The van der Waals surface area contributed by atoms with E-state index in [4.69, 9.17) is 5.73 Å². The molecule has 4 aromatic rings. The molecule has 9 heteroatoms. The van der Waals surface area contributed by atoms with Crippen LogP contribution >= 0.6 is 0 Å². The molecule has 2 fully saturated rings. The van der Waals surface area contributed by atoms with Gasteiger partial charge in [0.1, 0.15) is 17.7 Å². The molecule has 2 aliphatic rings. The van der Waals surface area contributed by atoms with Gasteiger partial charge < -0.3 is 21.3 Å². The van der Waals surface area contributed by atoms with E-state index in [0.717, 1.165) is 47.8 Å². The second-order valence-electron chi connectivity index (χ2n) is 10.9. The van der Waals surface area contributed by atoms with Gasteiger partial charge in [0, 0.05) is 22.9 Å². The molecule has 2 saturated carbocycles. The van der Waals surface area contributed by atoms with Gasteiger partial charge in [-0.05, 0) is 73.4 Å². The van der Waals surface area contributed by atoms with E-state index in [2.05, 4.69) is 26.4 Å². The summed E-state index contributed by atoms with van der Waals surface area (Å²) in [7, 11) is 0. The zero-order valence-corrected chi connectivity index (χ0v) is 20.8. The molecule has 2 aliphatic carbocycles. The highest BCUT2D eigenvalue weighted by Gasteiger charge is 2.50. The number of aliphatic hydroxyl groups excluding tert-OH is 2. The van der Waals surface area contributed by atoms with E-state index in [1.54, 1.807) is 4.52 Å². The van der Waals surface area contributed by atoms with E-state index in [-0.39, 0.29) is 17.7 Å². The Kier molecular flexibility index (Phi) is 5.84. The van der Waals surface area contributed by atoms with Crippen LogP contribution in [0.5, 0.6) is 0 Å². The summed E-state index contributed by atoms with van der Waals surface area (Å²) in [6.07, 6.45) is 4.70. The highest BCUT2D eigenvalue weighted by Crippen LogP contribution is 2.49. The Labute approximate surface area is 214 Å². The highest BCUT2D eigenvalue weighted by atomic mass is 16.3. The second kappa shape index (κ2) is 9.08. The number of hydrogen-bond donors (Lipinski definition) is 4. The molecule has 0 radical (unpaired) electrons. The second-order valence-corrected chi connectivity index (χ2v) is 10.9. The van der Waals surface area contributed by atoms with E-state index in [1.807, 2.05) is 43.3 Å². The average Bonchev–Trinajstić information content (AvgIpc) is 3.37. The van der Waals surface area contributed by atoms with E-state index in [1.165, 1.54) is 6.33 Å². The Balaban J connectivity index is 1.18. The van der Waals surface area contributed by atoms with Crippen molar-refractivity contribution in [3.63, 3.8) is 0 Å². The summed E-state index contributed by atoms with van der Waals surface area (Å²) in [5.41, 5.74) is 8.95. The van der Waals surface area contributed by atoms with Crippen molar-refractivity contribution in [2.75, 3.05) is 11.1 Å². The van der Waals surface area contributed by atoms with Crippen molar-refractivity contribution in [2.45, 2.75) is 63.6 Å². The first-order valence-electron chi connectivity index (χ1n) is 13.0. The first-order chi connectivity index (χ1) is 17.8. The number of aliphatic hydroxyl groups is 2. The van der Waals surface area contributed by atoms with E-state index < -0.39 is 17.6 Å². The molecule has 37 heavy (non-hydrogen) atoms. The third-order valence-corrected chi connectivity index (χ3v) is 8.50. The summed E-state index contributed by atoms with van der Waals surface area (Å²) in [6.45, 7) is 2.04. The summed E-state index contributed by atoms with van der Waals surface area (Å²) in [5, 5.41) is 30.4. The molecule has 4 atom stereocenters. The lowest BCUT2D eigenvalue weighted by Crippen LogP contribution is -2.34. The molecule has 0 bridgehead atoms. The Morgan fingerprint density at radius 3 is 2.78 bits per heavy atom. The van der Waals surface area contributed by atoms with Gasteiger partial charge in [-0.1, -0.05) is 25.5 Å². The first kappa shape index (κ1) is 23.8. The smallest absolute Gasteiger partial charge is 0.228 e. The van der Waals surface area contributed by atoms with Gasteiger partial charge in [-0.15, -0.1) is 0 Å². The molecule has 5 N–H and O–H groups in total. The number of nitrogens with zero attached hydrogens (tertiary/aromatic N) is 4. The van der Waals surface area contributed by atoms with Crippen LogP contribution in [0.15, 0.2) is 48.8 Å². The molecule has 1 aromatic carbocycles. The first-order valence-corrected chi connectivity index (χ1v) is 13.0. The topological polar surface area (TPSA) is 139 Å². The maximum atomic E-state index is 12.3. The molecular formula is C28H32N6O3. The zero-order chi connectivity index (χ0) is 25.7. The van der Waals surface area contributed by atoms with Crippen molar-refractivity contribution in [2.24, 2.45) is 11.3 Å². The third kappa shape index (κ3) is 4.22. The van der Waals surface area contributed by atoms with Gasteiger partial charge in [-0.2, -0.15) is 5.10 Å². The number of carbonyl (C=O) groups excluding carboxylic acids is 1. The van der Waals surface area contributed by atoms with Crippen molar-refractivity contribution in [3.05, 3.63) is 60.0 Å². The van der Waals surface area contributed by atoms with Crippen LogP contribution in [0.4, 0.5) is 11.6 Å². The monoisotopic (exact) mass is 500 g/mol. The maximum absolute atomic E-state index is 12.3. The van der Waals surface area contributed by atoms with Crippen LogP contribution in [-0.4, -0.2) is 47.9 Å². The molecule has 9 nitrogen and oxygen atoms in total. The average molecular weight is 501 g/mol. The number of pyridine rings is 1. The van der Waals surface area contributed by atoms with Crippen LogP contribution in [0.2, 0.25) is 0 Å². The lowest BCUT2D eigenvalue weighted by atomic mass is 9.80. The molecule has 0 unspecified atom stereocenters. The van der Waals surface area contributed by atoms with Crippen LogP contribution in [0.3, 0.4) is 0 Å². The predicted octanol–water partition coefficient (Wildman–Crippen LogP) is 3.45. The minimum Gasteiger partial charge on any atom is -0.390 e. The molecule has 3 aromatic heterocycles. The third-order valence-electron chi connectivity index (χ3n) is 8.50. The fourth-order valence-electron chi connectivity index (χ4n) is 5.88. The SMILES string of the molecule is C[C@]1(CCc2ccc3ccc(NC(=O)C4CCC4)nc3c2)C[C@@H](c2ccc3c(N)ncnn23)[C@H](O)[C@@H]1O. The Morgan fingerprint density at radius 2 is 2.00 bits per heavy atom. The van der Waals surface area contributed by atoms with Crippen molar-refractivity contribution in [3.8, 4) is 0 Å². The highest BCUT2D eigenvalue weighted by molar-refractivity contribution is 5.93. The molecule has 6 rings (SSSR count). The molecule has 1 amide bonds. The fraction of sp³-hybridized carbons (Fsp3) is 0.429.